The zero-order valence-corrected chi connectivity index (χ0v) is 13.3. The number of hydrogen-bond donors (Lipinski definition) is 1. The largest absolute Gasteiger partial charge is 0.383 e. The van der Waals surface area contributed by atoms with Crippen LogP contribution in [0.2, 0.25) is 0 Å². The number of nitrogens with one attached hydrogen (secondary N) is 1. The van der Waals surface area contributed by atoms with Gasteiger partial charge in [-0.3, -0.25) is 4.90 Å². The zero-order valence-electron chi connectivity index (χ0n) is 13.3. The van der Waals surface area contributed by atoms with Crippen LogP contribution in [0.25, 0.3) is 0 Å². The Balaban J connectivity index is 2.32. The summed E-state index contributed by atoms with van der Waals surface area (Å²) in [6.45, 7) is 15.8. The van der Waals surface area contributed by atoms with Crippen molar-refractivity contribution in [2.24, 2.45) is 5.92 Å². The number of nitrogens with zero attached hydrogens (tertiary/aromatic N) is 2. The summed E-state index contributed by atoms with van der Waals surface area (Å²) < 4.78 is 5.38. The number of ether oxygens (including phenoxy) is 1. The summed E-state index contributed by atoms with van der Waals surface area (Å²) in [7, 11) is 1.81. The summed E-state index contributed by atoms with van der Waals surface area (Å²) in [6.07, 6.45) is 1.20. The molecule has 0 aromatic rings. The fraction of sp³-hybridized carbons (Fsp3) is 1.00. The molecule has 1 heterocycles. The maximum Gasteiger partial charge on any atom is 0.0630 e. The van der Waals surface area contributed by atoms with Gasteiger partial charge < -0.3 is 15.0 Å². The van der Waals surface area contributed by atoms with Crippen LogP contribution in [-0.4, -0.2) is 75.4 Å². The molecule has 0 aromatic carbocycles. The van der Waals surface area contributed by atoms with E-state index < -0.39 is 0 Å². The predicted molar refractivity (Wildman–Crippen MR) is 81.7 cm³/mol. The molecule has 1 saturated heterocycles. The summed E-state index contributed by atoms with van der Waals surface area (Å²) in [4.78, 5) is 5.17. The Labute approximate surface area is 119 Å². The second-order valence-corrected chi connectivity index (χ2v) is 6.04. The second kappa shape index (κ2) is 9.70. The van der Waals surface area contributed by atoms with Gasteiger partial charge in [-0.05, 0) is 18.9 Å². The minimum Gasteiger partial charge on any atom is -0.383 e. The summed E-state index contributed by atoms with van der Waals surface area (Å²) in [5.41, 5.74) is 0. The van der Waals surface area contributed by atoms with E-state index in [-0.39, 0.29) is 0 Å². The minimum atomic E-state index is 0.526. The first kappa shape index (κ1) is 16.9. The molecule has 1 aliphatic rings. The van der Waals surface area contributed by atoms with Crippen molar-refractivity contribution in [1.82, 2.24) is 15.1 Å². The Bertz CT molecular complexity index is 215. The molecule has 1 atom stereocenters. The van der Waals surface area contributed by atoms with E-state index in [9.17, 15) is 0 Å². The highest BCUT2D eigenvalue weighted by Crippen LogP contribution is 2.08. The van der Waals surface area contributed by atoms with Crippen molar-refractivity contribution in [3.63, 3.8) is 0 Å². The third kappa shape index (κ3) is 6.70. The van der Waals surface area contributed by atoms with Crippen LogP contribution in [0.4, 0.5) is 0 Å². The van der Waals surface area contributed by atoms with Gasteiger partial charge in [0, 0.05) is 52.4 Å². The first-order valence-electron chi connectivity index (χ1n) is 7.83. The lowest BCUT2D eigenvalue weighted by Gasteiger charge is -2.39. The highest BCUT2D eigenvalue weighted by atomic mass is 16.5. The topological polar surface area (TPSA) is 27.7 Å². The van der Waals surface area contributed by atoms with Gasteiger partial charge in [-0.1, -0.05) is 20.8 Å². The van der Waals surface area contributed by atoms with Crippen LogP contribution in [0, 0.1) is 5.92 Å². The van der Waals surface area contributed by atoms with Gasteiger partial charge in [0.25, 0.3) is 0 Å². The van der Waals surface area contributed by atoms with Gasteiger partial charge >= 0.3 is 0 Å². The van der Waals surface area contributed by atoms with Crippen molar-refractivity contribution >= 4 is 0 Å². The van der Waals surface area contributed by atoms with E-state index in [4.69, 9.17) is 4.74 Å². The lowest BCUT2D eigenvalue weighted by atomic mass is 10.1. The molecule has 0 saturated carbocycles. The Morgan fingerprint density at radius 3 is 2.37 bits per heavy atom. The van der Waals surface area contributed by atoms with Crippen molar-refractivity contribution in [1.29, 1.82) is 0 Å². The molecule has 0 amide bonds. The van der Waals surface area contributed by atoms with Crippen LogP contribution in [0.15, 0.2) is 0 Å². The molecule has 19 heavy (non-hydrogen) atoms. The molecule has 0 bridgehead atoms. The SMILES string of the molecule is CCCNCC(COC)N1CCN(CC(C)C)CC1. The maximum atomic E-state index is 5.38. The minimum absolute atomic E-state index is 0.526. The summed E-state index contributed by atoms with van der Waals surface area (Å²) in [5, 5.41) is 3.53. The van der Waals surface area contributed by atoms with Crippen LogP contribution >= 0.6 is 0 Å². The average molecular weight is 271 g/mol. The Morgan fingerprint density at radius 1 is 1.16 bits per heavy atom. The molecule has 0 radical (unpaired) electrons. The van der Waals surface area contributed by atoms with E-state index in [1.807, 2.05) is 7.11 Å². The van der Waals surface area contributed by atoms with E-state index >= 15 is 0 Å². The summed E-state index contributed by atoms with van der Waals surface area (Å²) >= 11 is 0. The van der Waals surface area contributed by atoms with E-state index in [0.29, 0.717) is 6.04 Å². The highest BCUT2D eigenvalue weighted by Gasteiger charge is 2.23. The zero-order chi connectivity index (χ0) is 14.1. The summed E-state index contributed by atoms with van der Waals surface area (Å²) in [6, 6.07) is 0.526. The van der Waals surface area contributed by atoms with Gasteiger partial charge in [0.1, 0.15) is 0 Å². The molecule has 114 valence electrons. The molecule has 1 aliphatic heterocycles. The molecule has 1 fully saturated rings. The van der Waals surface area contributed by atoms with Gasteiger partial charge in [0.15, 0.2) is 0 Å². The van der Waals surface area contributed by atoms with Crippen LogP contribution in [0.1, 0.15) is 27.2 Å². The molecule has 4 heteroatoms. The monoisotopic (exact) mass is 271 g/mol. The third-order valence-electron chi connectivity index (χ3n) is 3.71. The molecule has 1 rings (SSSR count). The standard InChI is InChI=1S/C15H33N3O/c1-5-6-16-11-15(13-19-4)18-9-7-17(8-10-18)12-14(2)3/h14-16H,5-13H2,1-4H3. The quantitative estimate of drug-likeness (QED) is 0.639. The van der Waals surface area contributed by atoms with Crippen LogP contribution in [-0.2, 0) is 4.74 Å². The molecule has 4 nitrogen and oxygen atoms in total. The van der Waals surface area contributed by atoms with Gasteiger partial charge in [-0.15, -0.1) is 0 Å². The highest BCUT2D eigenvalue weighted by molar-refractivity contribution is 4.80. The van der Waals surface area contributed by atoms with Gasteiger partial charge in [-0.2, -0.15) is 0 Å². The Hall–Kier alpha value is -0.160. The van der Waals surface area contributed by atoms with Crippen LogP contribution in [0.5, 0.6) is 0 Å². The van der Waals surface area contributed by atoms with E-state index in [0.717, 1.165) is 25.6 Å². The van der Waals surface area contributed by atoms with Crippen molar-refractivity contribution in [3.8, 4) is 0 Å². The van der Waals surface area contributed by atoms with Crippen molar-refractivity contribution in [2.45, 2.75) is 33.2 Å². The van der Waals surface area contributed by atoms with E-state index in [2.05, 4.69) is 35.9 Å². The van der Waals surface area contributed by atoms with Crippen LogP contribution in [0.3, 0.4) is 0 Å². The fourth-order valence-corrected chi connectivity index (χ4v) is 2.76. The Kier molecular flexibility index (Phi) is 8.62. The molecular formula is C15H33N3O. The van der Waals surface area contributed by atoms with Crippen molar-refractivity contribution in [3.05, 3.63) is 0 Å². The van der Waals surface area contributed by atoms with Crippen molar-refractivity contribution in [2.75, 3.05) is 59.5 Å². The lowest BCUT2D eigenvalue weighted by molar-refractivity contribution is 0.0464. The lowest BCUT2D eigenvalue weighted by Crippen LogP contribution is -2.54. The smallest absolute Gasteiger partial charge is 0.0630 e. The first-order valence-corrected chi connectivity index (χ1v) is 7.83. The van der Waals surface area contributed by atoms with Gasteiger partial charge in [-0.25, -0.2) is 0 Å². The normalized spacial score (nSPS) is 20.1. The van der Waals surface area contributed by atoms with E-state index in [1.165, 1.54) is 39.1 Å². The maximum absolute atomic E-state index is 5.38. The number of hydrogen-bond acceptors (Lipinski definition) is 4. The van der Waals surface area contributed by atoms with Gasteiger partial charge in [0.2, 0.25) is 0 Å². The van der Waals surface area contributed by atoms with E-state index in [1.54, 1.807) is 0 Å². The van der Waals surface area contributed by atoms with Gasteiger partial charge in [0.05, 0.1) is 6.61 Å². The summed E-state index contributed by atoms with van der Waals surface area (Å²) in [5.74, 6) is 0.771. The molecular weight excluding hydrogens is 238 g/mol. The average Bonchev–Trinajstić information content (AvgIpc) is 2.38. The third-order valence-corrected chi connectivity index (χ3v) is 3.71. The molecule has 1 N–H and O–H groups in total. The molecule has 1 unspecified atom stereocenters. The fourth-order valence-electron chi connectivity index (χ4n) is 2.76. The number of piperazine rings is 1. The number of rotatable bonds is 9. The second-order valence-electron chi connectivity index (χ2n) is 6.04. The predicted octanol–water partition coefficient (Wildman–Crippen LogP) is 1.27. The molecule has 0 aromatic heterocycles. The van der Waals surface area contributed by atoms with Crippen LogP contribution < -0.4 is 5.32 Å². The molecule has 0 spiro atoms. The van der Waals surface area contributed by atoms with Crippen molar-refractivity contribution < 1.29 is 4.74 Å². The Morgan fingerprint density at radius 2 is 1.84 bits per heavy atom. The first-order chi connectivity index (χ1) is 9.17. The number of methoxy groups -OCH3 is 1. The molecule has 0 aliphatic carbocycles.